The highest BCUT2D eigenvalue weighted by Crippen LogP contribution is 2.38. The monoisotopic (exact) mass is 253 g/mol. The molecular formula is C16H19N3. The van der Waals surface area contributed by atoms with Crippen LogP contribution in [0.4, 0.5) is 5.82 Å². The van der Waals surface area contributed by atoms with Crippen LogP contribution in [0.3, 0.4) is 0 Å². The number of nitrogens with zero attached hydrogens (tertiary/aromatic N) is 2. The molecule has 0 fully saturated rings. The quantitative estimate of drug-likeness (QED) is 0.911. The van der Waals surface area contributed by atoms with E-state index >= 15 is 0 Å². The molecule has 1 aliphatic rings. The minimum absolute atomic E-state index is 0.363. The third kappa shape index (κ3) is 2.09. The van der Waals surface area contributed by atoms with Crippen molar-refractivity contribution in [3.05, 3.63) is 53.0 Å². The van der Waals surface area contributed by atoms with E-state index in [1.165, 1.54) is 11.1 Å². The minimum atomic E-state index is 0.363. The molecule has 0 bridgehead atoms. The van der Waals surface area contributed by atoms with Crippen molar-refractivity contribution in [2.75, 3.05) is 12.4 Å². The topological polar surface area (TPSA) is 37.8 Å². The van der Waals surface area contributed by atoms with E-state index in [1.54, 1.807) is 0 Å². The number of fused-ring (bicyclic) bond motifs is 1. The second-order valence-corrected chi connectivity index (χ2v) is 5.40. The van der Waals surface area contributed by atoms with Gasteiger partial charge in [0.1, 0.15) is 11.6 Å². The summed E-state index contributed by atoms with van der Waals surface area (Å²) in [4.78, 5) is 9.38. The normalized spacial score (nSPS) is 16.9. The summed E-state index contributed by atoms with van der Waals surface area (Å²) >= 11 is 0. The fourth-order valence-corrected chi connectivity index (χ4v) is 2.55. The Labute approximate surface area is 114 Å². The first kappa shape index (κ1) is 12.2. The number of aromatic nitrogens is 2. The standard InChI is InChI=1S/C16H19N3/c1-10(2)14-9-15(17-3)19-16(18-14)13-8-11-6-4-5-7-12(11)13/h4-7,9-10,13H,8H2,1-3H3,(H,17,18,19). The zero-order valence-corrected chi connectivity index (χ0v) is 11.6. The maximum absolute atomic E-state index is 4.75. The lowest BCUT2D eigenvalue weighted by atomic mass is 9.77. The van der Waals surface area contributed by atoms with Crippen LogP contribution in [0, 0.1) is 0 Å². The van der Waals surface area contributed by atoms with Gasteiger partial charge >= 0.3 is 0 Å². The van der Waals surface area contributed by atoms with Gasteiger partial charge in [0.25, 0.3) is 0 Å². The summed E-state index contributed by atoms with van der Waals surface area (Å²) in [5.41, 5.74) is 3.92. The molecular weight excluding hydrogens is 234 g/mol. The molecule has 0 aliphatic heterocycles. The number of anilines is 1. The van der Waals surface area contributed by atoms with Crippen LogP contribution in [0.1, 0.15) is 48.3 Å². The molecule has 3 heteroatoms. The Hall–Kier alpha value is -1.90. The Morgan fingerprint density at radius 2 is 2.00 bits per heavy atom. The van der Waals surface area contributed by atoms with Gasteiger partial charge in [-0.2, -0.15) is 0 Å². The van der Waals surface area contributed by atoms with E-state index in [0.29, 0.717) is 11.8 Å². The van der Waals surface area contributed by atoms with Crippen LogP contribution < -0.4 is 5.32 Å². The summed E-state index contributed by atoms with van der Waals surface area (Å²) in [6.45, 7) is 4.33. The number of nitrogens with one attached hydrogen (secondary N) is 1. The van der Waals surface area contributed by atoms with Gasteiger partial charge in [-0.05, 0) is 23.5 Å². The van der Waals surface area contributed by atoms with Crippen LogP contribution in [0.5, 0.6) is 0 Å². The van der Waals surface area contributed by atoms with Gasteiger partial charge in [-0.1, -0.05) is 38.1 Å². The molecule has 1 heterocycles. The first-order chi connectivity index (χ1) is 9.19. The van der Waals surface area contributed by atoms with Gasteiger partial charge in [0.15, 0.2) is 0 Å². The van der Waals surface area contributed by atoms with Crippen LogP contribution >= 0.6 is 0 Å². The second-order valence-electron chi connectivity index (χ2n) is 5.40. The first-order valence-electron chi connectivity index (χ1n) is 6.83. The Balaban J connectivity index is 2.00. The molecule has 2 aromatic rings. The van der Waals surface area contributed by atoms with Crippen LogP contribution in [0.15, 0.2) is 30.3 Å². The molecule has 1 unspecified atom stereocenters. The Morgan fingerprint density at radius 3 is 2.68 bits per heavy atom. The van der Waals surface area contributed by atoms with E-state index in [-0.39, 0.29) is 0 Å². The average Bonchev–Trinajstić information content (AvgIpc) is 2.39. The number of hydrogen-bond acceptors (Lipinski definition) is 3. The molecule has 1 aromatic heterocycles. The predicted molar refractivity (Wildman–Crippen MR) is 77.7 cm³/mol. The van der Waals surface area contributed by atoms with Crippen molar-refractivity contribution in [1.82, 2.24) is 9.97 Å². The molecule has 0 spiro atoms. The molecule has 0 amide bonds. The van der Waals surface area contributed by atoms with Crippen LogP contribution in [0.25, 0.3) is 0 Å². The van der Waals surface area contributed by atoms with Crippen molar-refractivity contribution in [2.45, 2.75) is 32.1 Å². The van der Waals surface area contributed by atoms with Gasteiger partial charge in [-0.3, -0.25) is 0 Å². The van der Waals surface area contributed by atoms with E-state index in [9.17, 15) is 0 Å². The molecule has 1 aliphatic carbocycles. The SMILES string of the molecule is CNc1cc(C(C)C)nc(C2Cc3ccccc32)n1. The molecule has 98 valence electrons. The minimum Gasteiger partial charge on any atom is -0.373 e. The summed E-state index contributed by atoms with van der Waals surface area (Å²) in [7, 11) is 1.91. The fraction of sp³-hybridized carbons (Fsp3) is 0.375. The van der Waals surface area contributed by atoms with E-state index < -0.39 is 0 Å². The van der Waals surface area contributed by atoms with Gasteiger partial charge in [0, 0.05) is 24.7 Å². The van der Waals surface area contributed by atoms with Gasteiger partial charge in [0.05, 0.1) is 0 Å². The van der Waals surface area contributed by atoms with Crippen LogP contribution in [0.2, 0.25) is 0 Å². The van der Waals surface area contributed by atoms with Gasteiger partial charge in [0.2, 0.25) is 0 Å². The summed E-state index contributed by atoms with van der Waals surface area (Å²) in [6, 6.07) is 10.6. The fourth-order valence-electron chi connectivity index (χ4n) is 2.55. The summed E-state index contributed by atoms with van der Waals surface area (Å²) in [5.74, 6) is 2.65. The maximum Gasteiger partial charge on any atom is 0.138 e. The van der Waals surface area contributed by atoms with Crippen LogP contribution in [-0.4, -0.2) is 17.0 Å². The Kier molecular flexibility index (Phi) is 2.97. The van der Waals surface area contributed by atoms with Crippen molar-refractivity contribution in [2.24, 2.45) is 0 Å². The third-order valence-electron chi connectivity index (χ3n) is 3.78. The number of hydrogen-bond donors (Lipinski definition) is 1. The highest BCUT2D eigenvalue weighted by molar-refractivity contribution is 5.46. The summed E-state index contributed by atoms with van der Waals surface area (Å²) in [5, 5.41) is 3.14. The molecule has 0 radical (unpaired) electrons. The van der Waals surface area contributed by atoms with E-state index in [0.717, 1.165) is 23.8 Å². The highest BCUT2D eigenvalue weighted by atomic mass is 15.0. The van der Waals surface area contributed by atoms with Gasteiger partial charge in [-0.25, -0.2) is 9.97 Å². The summed E-state index contributed by atoms with van der Waals surface area (Å²) in [6.07, 6.45) is 1.06. The third-order valence-corrected chi connectivity index (χ3v) is 3.78. The van der Waals surface area contributed by atoms with Gasteiger partial charge in [-0.15, -0.1) is 0 Å². The highest BCUT2D eigenvalue weighted by Gasteiger charge is 2.29. The van der Waals surface area contributed by atoms with Crippen molar-refractivity contribution >= 4 is 5.82 Å². The van der Waals surface area contributed by atoms with Crippen molar-refractivity contribution in [3.63, 3.8) is 0 Å². The molecule has 0 saturated carbocycles. The number of rotatable bonds is 3. The second kappa shape index (κ2) is 4.65. The number of benzene rings is 1. The molecule has 0 saturated heterocycles. The molecule has 19 heavy (non-hydrogen) atoms. The summed E-state index contributed by atoms with van der Waals surface area (Å²) < 4.78 is 0. The molecule has 1 atom stereocenters. The maximum atomic E-state index is 4.75. The van der Waals surface area contributed by atoms with Crippen molar-refractivity contribution < 1.29 is 0 Å². The lowest BCUT2D eigenvalue weighted by molar-refractivity contribution is 0.647. The largest absolute Gasteiger partial charge is 0.373 e. The molecule has 1 aromatic carbocycles. The lowest BCUT2D eigenvalue weighted by Crippen LogP contribution is -2.21. The molecule has 3 nitrogen and oxygen atoms in total. The Bertz CT molecular complexity index is 605. The smallest absolute Gasteiger partial charge is 0.138 e. The van der Waals surface area contributed by atoms with E-state index in [4.69, 9.17) is 4.98 Å². The average molecular weight is 253 g/mol. The van der Waals surface area contributed by atoms with E-state index in [2.05, 4.69) is 48.4 Å². The lowest BCUT2D eigenvalue weighted by Gasteiger charge is -2.29. The predicted octanol–water partition coefficient (Wildman–Crippen LogP) is 3.33. The van der Waals surface area contributed by atoms with Crippen LogP contribution in [-0.2, 0) is 6.42 Å². The Morgan fingerprint density at radius 1 is 1.21 bits per heavy atom. The zero-order valence-electron chi connectivity index (χ0n) is 11.6. The first-order valence-corrected chi connectivity index (χ1v) is 6.83. The van der Waals surface area contributed by atoms with E-state index in [1.807, 2.05) is 13.1 Å². The van der Waals surface area contributed by atoms with Crippen molar-refractivity contribution in [3.8, 4) is 0 Å². The van der Waals surface area contributed by atoms with Gasteiger partial charge < -0.3 is 5.32 Å². The van der Waals surface area contributed by atoms with Crippen molar-refractivity contribution in [1.29, 1.82) is 0 Å². The molecule has 1 N–H and O–H groups in total. The molecule has 3 rings (SSSR count). The zero-order chi connectivity index (χ0) is 13.4.